The molecule has 3 rings (SSSR count). The number of amides is 1. The summed E-state index contributed by atoms with van der Waals surface area (Å²) < 4.78 is 6.94. The van der Waals surface area contributed by atoms with Crippen molar-refractivity contribution in [2.24, 2.45) is 0 Å². The van der Waals surface area contributed by atoms with Crippen LogP contribution < -0.4 is 5.32 Å². The van der Waals surface area contributed by atoms with Crippen LogP contribution in [0.25, 0.3) is 5.69 Å². The second-order valence-corrected chi connectivity index (χ2v) is 4.49. The summed E-state index contributed by atoms with van der Waals surface area (Å²) in [6, 6.07) is 8.04. The Hall–Kier alpha value is -2.21. The van der Waals surface area contributed by atoms with Crippen molar-refractivity contribution in [3.63, 3.8) is 0 Å². The van der Waals surface area contributed by atoms with E-state index < -0.39 is 0 Å². The molecule has 1 aromatic heterocycles. The second kappa shape index (κ2) is 5.19. The summed E-state index contributed by atoms with van der Waals surface area (Å²) in [5.41, 5.74) is 2.09. The molecule has 98 valence electrons. The summed E-state index contributed by atoms with van der Waals surface area (Å²) in [6.45, 7) is 0.717. The van der Waals surface area contributed by atoms with E-state index in [9.17, 15) is 4.79 Å². The largest absolute Gasteiger partial charge is 0.369 e. The summed E-state index contributed by atoms with van der Waals surface area (Å²) in [6.07, 6.45) is 3.90. The number of benzene rings is 1. The molecule has 0 saturated carbocycles. The monoisotopic (exact) mass is 258 g/mol. The van der Waals surface area contributed by atoms with Crippen LogP contribution in [0.3, 0.4) is 0 Å². The van der Waals surface area contributed by atoms with E-state index in [1.807, 2.05) is 24.3 Å². The molecule has 1 aliphatic rings. The summed E-state index contributed by atoms with van der Waals surface area (Å²) in [5, 5.41) is 7.02. The zero-order chi connectivity index (χ0) is 13.1. The standard InChI is InChI=1S/C13H14N4O2/c18-13-7-19-6-11(16-13)4-10-2-1-3-12(5-10)17-9-14-8-15-17/h1-3,5,8-9,11H,4,6-7H2,(H,16,18)/t11-/m1/s1. The zero-order valence-electron chi connectivity index (χ0n) is 10.3. The molecule has 1 aromatic carbocycles. The first kappa shape index (κ1) is 11.9. The SMILES string of the molecule is O=C1COC[C@@H](Cc2cccc(-n3cncn3)c2)N1. The van der Waals surface area contributed by atoms with E-state index in [2.05, 4.69) is 15.4 Å². The average Bonchev–Trinajstić information content (AvgIpc) is 2.93. The molecule has 0 bridgehead atoms. The molecule has 0 unspecified atom stereocenters. The lowest BCUT2D eigenvalue weighted by molar-refractivity contribution is -0.131. The molecular weight excluding hydrogens is 244 g/mol. The molecule has 0 aliphatic carbocycles. The van der Waals surface area contributed by atoms with Crippen molar-refractivity contribution in [1.29, 1.82) is 0 Å². The van der Waals surface area contributed by atoms with Crippen molar-refractivity contribution < 1.29 is 9.53 Å². The van der Waals surface area contributed by atoms with Crippen molar-refractivity contribution >= 4 is 5.91 Å². The molecule has 2 heterocycles. The summed E-state index contributed by atoms with van der Waals surface area (Å²) >= 11 is 0. The number of nitrogens with zero attached hydrogens (tertiary/aromatic N) is 3. The predicted octanol–water partition coefficient (Wildman–Crippen LogP) is 0.325. The quantitative estimate of drug-likeness (QED) is 0.861. The normalized spacial score (nSPS) is 19.2. The van der Waals surface area contributed by atoms with Gasteiger partial charge in [0.25, 0.3) is 0 Å². The van der Waals surface area contributed by atoms with Gasteiger partial charge < -0.3 is 10.1 Å². The third-order valence-electron chi connectivity index (χ3n) is 2.99. The zero-order valence-corrected chi connectivity index (χ0v) is 10.3. The number of morpholine rings is 1. The first-order valence-electron chi connectivity index (χ1n) is 6.12. The number of hydrogen-bond acceptors (Lipinski definition) is 4. The van der Waals surface area contributed by atoms with Gasteiger partial charge in [0.15, 0.2) is 0 Å². The van der Waals surface area contributed by atoms with E-state index in [1.165, 1.54) is 6.33 Å². The Morgan fingerprint density at radius 3 is 3.21 bits per heavy atom. The van der Waals surface area contributed by atoms with Gasteiger partial charge in [-0.25, -0.2) is 9.67 Å². The number of rotatable bonds is 3. The highest BCUT2D eigenvalue weighted by Gasteiger charge is 2.18. The molecule has 6 heteroatoms. The predicted molar refractivity (Wildman–Crippen MR) is 67.8 cm³/mol. The van der Waals surface area contributed by atoms with E-state index >= 15 is 0 Å². The number of ether oxygens (including phenoxy) is 1. The minimum absolute atomic E-state index is 0.0345. The molecule has 6 nitrogen and oxygen atoms in total. The topological polar surface area (TPSA) is 69.0 Å². The van der Waals surface area contributed by atoms with Crippen LogP contribution in [0, 0.1) is 0 Å². The molecule has 1 saturated heterocycles. The molecule has 1 amide bonds. The minimum Gasteiger partial charge on any atom is -0.369 e. The van der Waals surface area contributed by atoms with Crippen molar-refractivity contribution in [3.8, 4) is 5.69 Å². The fourth-order valence-electron chi connectivity index (χ4n) is 2.17. The highest BCUT2D eigenvalue weighted by atomic mass is 16.5. The number of carbonyl (C=O) groups is 1. The molecular formula is C13H14N4O2. The maximum Gasteiger partial charge on any atom is 0.246 e. The lowest BCUT2D eigenvalue weighted by atomic mass is 10.1. The number of carbonyl (C=O) groups excluding carboxylic acids is 1. The Labute approximate surface area is 110 Å². The Morgan fingerprint density at radius 1 is 1.47 bits per heavy atom. The average molecular weight is 258 g/mol. The van der Waals surface area contributed by atoms with E-state index in [-0.39, 0.29) is 18.6 Å². The molecule has 19 heavy (non-hydrogen) atoms. The van der Waals surface area contributed by atoms with Gasteiger partial charge >= 0.3 is 0 Å². The Morgan fingerprint density at radius 2 is 2.42 bits per heavy atom. The molecule has 0 spiro atoms. The molecule has 1 fully saturated rings. The molecule has 0 radical (unpaired) electrons. The van der Waals surface area contributed by atoms with Gasteiger partial charge in [0, 0.05) is 0 Å². The highest BCUT2D eigenvalue weighted by Crippen LogP contribution is 2.12. The number of aromatic nitrogens is 3. The van der Waals surface area contributed by atoms with Gasteiger partial charge in [-0.05, 0) is 24.1 Å². The van der Waals surface area contributed by atoms with Gasteiger partial charge in [0.05, 0.1) is 18.3 Å². The van der Waals surface area contributed by atoms with Gasteiger partial charge in [-0.15, -0.1) is 0 Å². The highest BCUT2D eigenvalue weighted by molar-refractivity contribution is 5.78. The van der Waals surface area contributed by atoms with E-state index in [0.717, 1.165) is 17.7 Å². The van der Waals surface area contributed by atoms with Crippen LogP contribution in [0.5, 0.6) is 0 Å². The van der Waals surface area contributed by atoms with Crippen LogP contribution in [0.1, 0.15) is 5.56 Å². The molecule has 1 aliphatic heterocycles. The van der Waals surface area contributed by atoms with Crippen molar-refractivity contribution in [3.05, 3.63) is 42.5 Å². The van der Waals surface area contributed by atoms with Crippen LogP contribution >= 0.6 is 0 Å². The third-order valence-corrected chi connectivity index (χ3v) is 2.99. The van der Waals surface area contributed by atoms with Gasteiger partial charge in [0.1, 0.15) is 19.3 Å². The Bertz CT molecular complexity index is 568. The lowest BCUT2D eigenvalue weighted by Gasteiger charge is -2.23. The lowest BCUT2D eigenvalue weighted by Crippen LogP contribution is -2.46. The smallest absolute Gasteiger partial charge is 0.246 e. The minimum atomic E-state index is -0.0521. The van der Waals surface area contributed by atoms with Crippen molar-refractivity contribution in [1.82, 2.24) is 20.1 Å². The van der Waals surface area contributed by atoms with Crippen LogP contribution in [-0.2, 0) is 16.0 Å². The molecule has 1 atom stereocenters. The fourth-order valence-corrected chi connectivity index (χ4v) is 2.17. The summed E-state index contributed by atoms with van der Waals surface area (Å²) in [7, 11) is 0. The second-order valence-electron chi connectivity index (χ2n) is 4.49. The van der Waals surface area contributed by atoms with Crippen molar-refractivity contribution in [2.75, 3.05) is 13.2 Å². The van der Waals surface area contributed by atoms with Gasteiger partial charge in [-0.1, -0.05) is 12.1 Å². The molecule has 2 aromatic rings. The molecule has 1 N–H and O–H groups in total. The number of nitrogens with one attached hydrogen (secondary N) is 1. The van der Waals surface area contributed by atoms with Crippen LogP contribution in [0.15, 0.2) is 36.9 Å². The summed E-state index contributed by atoms with van der Waals surface area (Å²) in [4.78, 5) is 15.2. The van der Waals surface area contributed by atoms with Crippen molar-refractivity contribution in [2.45, 2.75) is 12.5 Å². The maximum absolute atomic E-state index is 11.3. The first-order chi connectivity index (χ1) is 9.31. The van der Waals surface area contributed by atoms with E-state index in [0.29, 0.717) is 6.61 Å². The Balaban J connectivity index is 1.74. The van der Waals surface area contributed by atoms with Crippen LogP contribution in [0.4, 0.5) is 0 Å². The van der Waals surface area contributed by atoms with Crippen LogP contribution in [0.2, 0.25) is 0 Å². The van der Waals surface area contributed by atoms with Crippen LogP contribution in [-0.4, -0.2) is 39.9 Å². The van der Waals surface area contributed by atoms with Gasteiger partial charge in [0.2, 0.25) is 5.91 Å². The Kier molecular flexibility index (Phi) is 3.24. The third kappa shape index (κ3) is 2.79. The summed E-state index contributed by atoms with van der Waals surface area (Å²) in [5.74, 6) is -0.0521. The first-order valence-corrected chi connectivity index (χ1v) is 6.12. The maximum atomic E-state index is 11.3. The van der Waals surface area contributed by atoms with Gasteiger partial charge in [-0.3, -0.25) is 4.79 Å². The van der Waals surface area contributed by atoms with E-state index in [1.54, 1.807) is 11.0 Å². The number of hydrogen-bond donors (Lipinski definition) is 1. The fraction of sp³-hybridized carbons (Fsp3) is 0.308. The van der Waals surface area contributed by atoms with Gasteiger partial charge in [-0.2, -0.15) is 5.10 Å². The van der Waals surface area contributed by atoms with E-state index in [4.69, 9.17) is 4.74 Å².